The first-order chi connectivity index (χ1) is 15.6. The fraction of sp³-hybridized carbons (Fsp3) is 0.154. The molecule has 6 nitrogen and oxygen atoms in total. The van der Waals surface area contributed by atoms with Crippen LogP contribution in [0.4, 0.5) is 0 Å². The van der Waals surface area contributed by atoms with Crippen molar-refractivity contribution in [2.24, 2.45) is 5.16 Å². The minimum absolute atomic E-state index is 0.474. The van der Waals surface area contributed by atoms with Crippen molar-refractivity contribution >= 4 is 23.1 Å². The number of rotatable bonds is 9. The van der Waals surface area contributed by atoms with Gasteiger partial charge in [0.15, 0.2) is 0 Å². The van der Waals surface area contributed by atoms with Crippen molar-refractivity contribution in [3.05, 3.63) is 101 Å². The molecule has 1 aromatic heterocycles. The maximum Gasteiger partial charge on any atom is 0.344 e. The predicted octanol–water partition coefficient (Wildman–Crippen LogP) is 5.01. The summed E-state index contributed by atoms with van der Waals surface area (Å²) in [4.78, 5) is 15.5. The van der Waals surface area contributed by atoms with Crippen molar-refractivity contribution in [1.82, 2.24) is 4.57 Å². The van der Waals surface area contributed by atoms with E-state index in [0.29, 0.717) is 13.2 Å². The SMILES string of the molecule is Cc1ccc(COc2ccc3c(c2)c(/C=N/OCC(=O)O)cn3Cc2ccccc2)cc1. The summed E-state index contributed by atoms with van der Waals surface area (Å²) in [5, 5.41) is 13.5. The van der Waals surface area contributed by atoms with Gasteiger partial charge in [0.05, 0.1) is 6.21 Å². The monoisotopic (exact) mass is 428 g/mol. The molecule has 6 heteroatoms. The Morgan fingerprint density at radius 2 is 1.81 bits per heavy atom. The third kappa shape index (κ3) is 5.35. The van der Waals surface area contributed by atoms with Crippen molar-refractivity contribution in [2.75, 3.05) is 6.61 Å². The topological polar surface area (TPSA) is 73.1 Å². The van der Waals surface area contributed by atoms with Gasteiger partial charge in [0, 0.05) is 29.2 Å². The van der Waals surface area contributed by atoms with Crippen molar-refractivity contribution in [2.45, 2.75) is 20.1 Å². The van der Waals surface area contributed by atoms with Crippen LogP contribution in [0.1, 0.15) is 22.3 Å². The molecule has 3 aromatic carbocycles. The normalized spacial score (nSPS) is 11.2. The Labute approximate surface area is 186 Å². The molecule has 0 saturated heterocycles. The summed E-state index contributed by atoms with van der Waals surface area (Å²) in [5.74, 6) is -0.322. The second-order valence-electron chi connectivity index (χ2n) is 7.55. The van der Waals surface area contributed by atoms with Gasteiger partial charge in [0.25, 0.3) is 0 Å². The maximum atomic E-state index is 10.7. The van der Waals surface area contributed by atoms with Gasteiger partial charge >= 0.3 is 5.97 Å². The van der Waals surface area contributed by atoms with E-state index >= 15 is 0 Å². The molecule has 4 rings (SSSR count). The van der Waals surface area contributed by atoms with Crippen LogP contribution in [-0.4, -0.2) is 28.5 Å². The van der Waals surface area contributed by atoms with Gasteiger partial charge < -0.3 is 19.2 Å². The van der Waals surface area contributed by atoms with Crippen molar-refractivity contribution in [3.8, 4) is 5.75 Å². The molecular formula is C26H24N2O4. The molecule has 0 spiro atoms. The molecule has 0 saturated carbocycles. The first-order valence-corrected chi connectivity index (χ1v) is 10.3. The smallest absolute Gasteiger partial charge is 0.344 e. The highest BCUT2D eigenvalue weighted by Crippen LogP contribution is 2.27. The van der Waals surface area contributed by atoms with Crippen LogP contribution in [0.2, 0.25) is 0 Å². The molecule has 162 valence electrons. The minimum atomic E-state index is -1.07. The van der Waals surface area contributed by atoms with E-state index in [1.54, 1.807) is 0 Å². The van der Waals surface area contributed by atoms with Gasteiger partial charge in [-0.25, -0.2) is 4.79 Å². The van der Waals surface area contributed by atoms with Gasteiger partial charge in [-0.3, -0.25) is 0 Å². The molecule has 0 fully saturated rings. The van der Waals surface area contributed by atoms with Crippen LogP contribution in [-0.2, 0) is 22.8 Å². The number of carboxylic acids is 1. The van der Waals surface area contributed by atoms with Crippen LogP contribution in [0, 0.1) is 6.92 Å². The average molecular weight is 428 g/mol. The van der Waals surface area contributed by atoms with Crippen LogP contribution >= 0.6 is 0 Å². The molecule has 0 radical (unpaired) electrons. The lowest BCUT2D eigenvalue weighted by Gasteiger charge is -2.09. The average Bonchev–Trinajstić information content (AvgIpc) is 3.13. The standard InChI is InChI=1S/C26H24N2O4/c1-19-7-9-21(10-8-19)17-31-23-11-12-25-24(13-23)22(14-27-32-18-26(29)30)16-28(25)15-20-5-3-2-4-6-20/h2-14,16H,15,17-18H2,1H3,(H,29,30)/b27-14+. The number of ether oxygens (including phenoxy) is 1. The van der Waals surface area contributed by atoms with Crippen molar-refractivity contribution in [3.63, 3.8) is 0 Å². The van der Waals surface area contributed by atoms with Gasteiger partial charge in [0.2, 0.25) is 6.61 Å². The lowest BCUT2D eigenvalue weighted by Crippen LogP contribution is -2.03. The number of hydrogen-bond acceptors (Lipinski definition) is 4. The van der Waals surface area contributed by atoms with Crippen LogP contribution < -0.4 is 4.74 Å². The largest absolute Gasteiger partial charge is 0.489 e. The van der Waals surface area contributed by atoms with E-state index in [-0.39, 0.29) is 0 Å². The Kier molecular flexibility index (Phi) is 6.51. The maximum absolute atomic E-state index is 10.7. The molecular weight excluding hydrogens is 404 g/mol. The zero-order chi connectivity index (χ0) is 22.3. The van der Waals surface area contributed by atoms with Crippen LogP contribution in [0.5, 0.6) is 5.75 Å². The molecule has 0 bridgehead atoms. The Morgan fingerprint density at radius 3 is 2.56 bits per heavy atom. The van der Waals surface area contributed by atoms with Gasteiger partial charge in [-0.2, -0.15) is 0 Å². The molecule has 32 heavy (non-hydrogen) atoms. The number of hydrogen-bond donors (Lipinski definition) is 1. The highest BCUT2D eigenvalue weighted by molar-refractivity contribution is 6.00. The molecule has 1 heterocycles. The van der Waals surface area contributed by atoms with Gasteiger partial charge in [0.1, 0.15) is 12.4 Å². The zero-order valence-corrected chi connectivity index (χ0v) is 17.8. The van der Waals surface area contributed by atoms with Gasteiger partial charge in [-0.1, -0.05) is 65.3 Å². The summed E-state index contributed by atoms with van der Waals surface area (Å²) < 4.78 is 8.15. The fourth-order valence-corrected chi connectivity index (χ4v) is 3.44. The third-order valence-corrected chi connectivity index (χ3v) is 5.06. The minimum Gasteiger partial charge on any atom is -0.489 e. The number of fused-ring (bicyclic) bond motifs is 1. The van der Waals surface area contributed by atoms with Crippen LogP contribution in [0.15, 0.2) is 84.1 Å². The Balaban J connectivity index is 1.61. The number of benzene rings is 3. The number of aromatic nitrogens is 1. The second-order valence-corrected chi connectivity index (χ2v) is 7.55. The second kappa shape index (κ2) is 9.83. The Hall–Kier alpha value is -4.06. The van der Waals surface area contributed by atoms with Gasteiger partial charge in [-0.15, -0.1) is 0 Å². The lowest BCUT2D eigenvalue weighted by atomic mass is 10.1. The van der Waals surface area contributed by atoms with E-state index in [9.17, 15) is 4.79 Å². The number of oxime groups is 1. The first kappa shape index (κ1) is 21.2. The van der Waals surface area contributed by atoms with Crippen LogP contribution in [0.3, 0.4) is 0 Å². The predicted molar refractivity (Wildman–Crippen MR) is 124 cm³/mol. The number of aryl methyl sites for hydroxylation is 1. The molecule has 0 aliphatic heterocycles. The Morgan fingerprint density at radius 1 is 1.03 bits per heavy atom. The number of nitrogens with zero attached hydrogens (tertiary/aromatic N) is 2. The lowest BCUT2D eigenvalue weighted by molar-refractivity contribution is -0.142. The summed E-state index contributed by atoms with van der Waals surface area (Å²) in [6.45, 7) is 2.75. The first-order valence-electron chi connectivity index (χ1n) is 10.3. The summed E-state index contributed by atoms with van der Waals surface area (Å²) >= 11 is 0. The van der Waals surface area contributed by atoms with E-state index in [1.165, 1.54) is 17.3 Å². The highest BCUT2D eigenvalue weighted by atomic mass is 16.6. The summed E-state index contributed by atoms with van der Waals surface area (Å²) in [6.07, 6.45) is 3.52. The quantitative estimate of drug-likeness (QED) is 0.300. The molecule has 4 aromatic rings. The number of carboxylic acid groups (broad SMARTS) is 1. The Bertz CT molecular complexity index is 1230. The molecule has 0 amide bonds. The zero-order valence-electron chi connectivity index (χ0n) is 17.8. The van der Waals surface area contributed by atoms with E-state index < -0.39 is 12.6 Å². The van der Waals surface area contributed by atoms with E-state index in [1.807, 2.05) is 42.6 Å². The van der Waals surface area contributed by atoms with E-state index in [4.69, 9.17) is 14.7 Å². The molecule has 0 unspecified atom stereocenters. The van der Waals surface area contributed by atoms with Crippen LogP contribution in [0.25, 0.3) is 10.9 Å². The molecule has 0 atom stereocenters. The molecule has 0 aliphatic rings. The summed E-state index contributed by atoms with van der Waals surface area (Å²) in [7, 11) is 0. The molecule has 0 aliphatic carbocycles. The highest BCUT2D eigenvalue weighted by Gasteiger charge is 2.10. The van der Waals surface area contributed by atoms with E-state index in [0.717, 1.165) is 27.8 Å². The summed E-state index contributed by atoms with van der Waals surface area (Å²) in [6, 6.07) is 24.4. The number of carbonyl (C=O) groups is 1. The van der Waals surface area contributed by atoms with Gasteiger partial charge in [-0.05, 0) is 36.2 Å². The third-order valence-electron chi connectivity index (χ3n) is 5.06. The molecule has 1 N–H and O–H groups in total. The van der Waals surface area contributed by atoms with E-state index in [2.05, 4.69) is 53.0 Å². The van der Waals surface area contributed by atoms with Crippen molar-refractivity contribution in [1.29, 1.82) is 0 Å². The number of aliphatic carboxylic acids is 1. The summed E-state index contributed by atoms with van der Waals surface area (Å²) in [5.41, 5.74) is 5.33. The fourth-order valence-electron chi connectivity index (χ4n) is 3.44. The van der Waals surface area contributed by atoms with Crippen molar-refractivity contribution < 1.29 is 19.5 Å².